The minimum Gasteiger partial charge on any atom is -0.311 e. The van der Waals surface area contributed by atoms with Gasteiger partial charge in [-0.1, -0.05) is 173 Å². The standard InChI is InChI=1S/C72H72B2FN3/c1-67(2,3)38-22-24-55-45(27-38)47-29-40(69(7,8)9)33-51-60(47)76(55)64-57(37-20-19-21-44(75)26-37)65-59-66-58(64)73(51)53-35-42(71(13,14)15)31-49-50-32-43(72(16,17)18)36-54(63(50)78(66)62(49)53)74(59)52-34-41(70(10,11)12)30-48-46-28-39(68(4,5)6)23-25-56(46)77(65)61(48)52/h19-36H,1-18H3. The van der Waals surface area contributed by atoms with Crippen LogP contribution in [0.25, 0.3) is 93.6 Å². The normalized spacial score (nSPS) is 14.8. The Morgan fingerprint density at radius 2 is 0.641 bits per heavy atom. The zero-order valence-corrected chi connectivity index (χ0v) is 49.3. The third-order valence-corrected chi connectivity index (χ3v) is 19.1. The molecule has 0 saturated carbocycles. The van der Waals surface area contributed by atoms with Gasteiger partial charge in [0.1, 0.15) is 5.82 Å². The first kappa shape index (κ1) is 48.4. The van der Waals surface area contributed by atoms with Crippen molar-refractivity contribution < 1.29 is 4.39 Å². The second-order valence-corrected chi connectivity index (χ2v) is 30.4. The summed E-state index contributed by atoms with van der Waals surface area (Å²) in [5.41, 5.74) is 28.7. The van der Waals surface area contributed by atoms with Crippen molar-refractivity contribution in [2.45, 2.75) is 157 Å². The van der Waals surface area contributed by atoms with E-state index < -0.39 is 0 Å². The molecule has 388 valence electrons. The lowest BCUT2D eigenvalue weighted by Crippen LogP contribution is -2.67. The maximum Gasteiger partial charge on any atom is 0.252 e. The van der Waals surface area contributed by atoms with Crippen LogP contribution in [0.1, 0.15) is 158 Å². The second-order valence-electron chi connectivity index (χ2n) is 30.4. The molecule has 3 nitrogen and oxygen atoms in total. The molecule has 6 heteroatoms. The average molecular weight is 1020 g/mol. The molecule has 4 aliphatic heterocycles. The van der Waals surface area contributed by atoms with Crippen LogP contribution in [0.2, 0.25) is 0 Å². The number of hydrogen-bond donors (Lipinski definition) is 0. The molecule has 0 radical (unpaired) electrons. The highest BCUT2D eigenvalue weighted by Gasteiger charge is 2.52. The Hall–Kier alpha value is -6.78. The largest absolute Gasteiger partial charge is 0.311 e. The summed E-state index contributed by atoms with van der Waals surface area (Å²) in [6, 6.07) is 42.7. The molecule has 0 fully saturated rings. The fourth-order valence-electron chi connectivity index (χ4n) is 14.8. The highest BCUT2D eigenvalue weighted by Crippen LogP contribution is 2.50. The maximum atomic E-state index is 16.7. The van der Waals surface area contributed by atoms with E-state index in [0.29, 0.717) is 0 Å². The van der Waals surface area contributed by atoms with Crippen molar-refractivity contribution in [3.63, 3.8) is 0 Å². The Balaban J connectivity index is 1.29. The highest BCUT2D eigenvalue weighted by atomic mass is 19.1. The molecular weight excluding hydrogens is 947 g/mol. The Bertz CT molecular complexity index is 4360. The number of hydrogen-bond acceptors (Lipinski definition) is 0. The van der Waals surface area contributed by atoms with Crippen molar-refractivity contribution in [2.75, 3.05) is 0 Å². The van der Waals surface area contributed by atoms with Gasteiger partial charge in [0.15, 0.2) is 0 Å². The molecule has 0 saturated heterocycles. The molecule has 0 spiro atoms. The van der Waals surface area contributed by atoms with Gasteiger partial charge < -0.3 is 13.7 Å². The first-order chi connectivity index (χ1) is 36.4. The molecule has 11 aromatic rings. The summed E-state index contributed by atoms with van der Waals surface area (Å²) in [5.74, 6) is -0.229. The van der Waals surface area contributed by atoms with Crippen molar-refractivity contribution in [2.24, 2.45) is 0 Å². The van der Waals surface area contributed by atoms with E-state index in [1.807, 2.05) is 12.1 Å². The fourth-order valence-corrected chi connectivity index (χ4v) is 14.8. The summed E-state index contributed by atoms with van der Waals surface area (Å²) in [5, 5.41) is 7.79. The quantitative estimate of drug-likeness (QED) is 0.146. The van der Waals surface area contributed by atoms with E-state index in [2.05, 4.69) is 229 Å². The van der Waals surface area contributed by atoms with E-state index in [1.54, 1.807) is 6.07 Å². The molecule has 7 heterocycles. The summed E-state index contributed by atoms with van der Waals surface area (Å²) >= 11 is 0. The SMILES string of the molecule is CC(C)(C)c1ccc2c(c1)c1cc(C(C)(C)C)cc3c1n2-c1c2c4c5c(c1-c1cccc(F)c1)-n1c6ccc(C(C)(C)C)cc6c6cc(C(C)(C)C)cc(c61)B5c1cc(C(C)(C)C)cc5c6cc(C(C)(C)C)cc(c6n-4c15)B23. The highest BCUT2D eigenvalue weighted by molar-refractivity contribution is 7.04. The number of nitrogens with zero attached hydrogens (tertiary/aromatic N) is 3. The third-order valence-electron chi connectivity index (χ3n) is 19.1. The number of rotatable bonds is 1. The van der Waals surface area contributed by atoms with E-state index in [9.17, 15) is 0 Å². The van der Waals surface area contributed by atoms with Gasteiger partial charge in [-0.3, -0.25) is 0 Å². The van der Waals surface area contributed by atoms with Crippen LogP contribution >= 0.6 is 0 Å². The van der Waals surface area contributed by atoms with Gasteiger partial charge in [-0.2, -0.15) is 0 Å². The molecule has 0 aliphatic carbocycles. The summed E-state index contributed by atoms with van der Waals surface area (Å²) in [4.78, 5) is 0. The smallest absolute Gasteiger partial charge is 0.252 e. The lowest BCUT2D eigenvalue weighted by atomic mass is 9.29. The summed E-state index contributed by atoms with van der Waals surface area (Å²) in [6.07, 6.45) is 0. The van der Waals surface area contributed by atoms with Gasteiger partial charge in [0, 0.05) is 65.6 Å². The van der Waals surface area contributed by atoms with E-state index in [1.165, 1.54) is 149 Å². The van der Waals surface area contributed by atoms with Crippen LogP contribution in [0.3, 0.4) is 0 Å². The van der Waals surface area contributed by atoms with Gasteiger partial charge in [0.25, 0.3) is 13.4 Å². The van der Waals surface area contributed by atoms with Crippen LogP contribution in [0.4, 0.5) is 4.39 Å². The van der Waals surface area contributed by atoms with Crippen molar-refractivity contribution in [1.29, 1.82) is 0 Å². The summed E-state index contributed by atoms with van der Waals surface area (Å²) in [7, 11) is 0. The third kappa shape index (κ3) is 6.13. The summed E-state index contributed by atoms with van der Waals surface area (Å²) in [6.45, 7) is 42.4. The van der Waals surface area contributed by atoms with E-state index in [-0.39, 0.29) is 51.7 Å². The number of halogens is 1. The van der Waals surface area contributed by atoms with Crippen molar-refractivity contribution in [3.8, 4) is 28.2 Å². The van der Waals surface area contributed by atoms with Gasteiger partial charge in [-0.15, -0.1) is 0 Å². The minimum absolute atomic E-state index is 0.0658. The monoisotopic (exact) mass is 1020 g/mol. The van der Waals surface area contributed by atoms with Crippen LogP contribution in [0.15, 0.2) is 109 Å². The van der Waals surface area contributed by atoms with Crippen LogP contribution < -0.4 is 32.8 Å². The first-order valence-corrected chi connectivity index (χ1v) is 28.8. The molecule has 0 amide bonds. The minimum atomic E-state index is -0.229. The van der Waals surface area contributed by atoms with E-state index in [0.717, 1.165) is 11.1 Å². The van der Waals surface area contributed by atoms with Crippen LogP contribution in [-0.4, -0.2) is 27.1 Å². The van der Waals surface area contributed by atoms with Gasteiger partial charge in [0.05, 0.1) is 22.4 Å². The lowest BCUT2D eigenvalue weighted by Gasteiger charge is -2.43. The summed E-state index contributed by atoms with van der Waals surface area (Å²) < 4.78 is 24.8. The van der Waals surface area contributed by atoms with Crippen LogP contribution in [0, 0.1) is 5.82 Å². The van der Waals surface area contributed by atoms with Gasteiger partial charge in [-0.05, 0) is 165 Å². The van der Waals surface area contributed by atoms with Crippen molar-refractivity contribution in [3.05, 3.63) is 148 Å². The van der Waals surface area contributed by atoms with Gasteiger partial charge in [-0.25, -0.2) is 4.39 Å². The molecule has 0 atom stereocenters. The van der Waals surface area contributed by atoms with E-state index in [4.69, 9.17) is 0 Å². The number of aromatic nitrogens is 3. The molecule has 3 aromatic heterocycles. The van der Waals surface area contributed by atoms with Crippen molar-refractivity contribution >= 4 is 112 Å². The fraction of sp³-hybridized carbons (Fsp3) is 0.333. The first-order valence-electron chi connectivity index (χ1n) is 28.8. The predicted molar refractivity (Wildman–Crippen MR) is 336 cm³/mol. The Kier molecular flexibility index (Phi) is 9.00. The Morgan fingerprint density at radius 1 is 0.321 bits per heavy atom. The molecule has 78 heavy (non-hydrogen) atoms. The molecule has 4 aliphatic rings. The molecule has 15 rings (SSSR count). The zero-order chi connectivity index (χ0) is 54.9. The topological polar surface area (TPSA) is 14.8 Å². The number of benzene rings is 8. The predicted octanol–water partition coefficient (Wildman–Crippen LogP) is 14.9. The Morgan fingerprint density at radius 3 is 0.974 bits per heavy atom. The number of fused-ring (bicyclic) bond motifs is 13. The molecule has 0 N–H and O–H groups in total. The molecule has 8 aromatic carbocycles. The lowest BCUT2D eigenvalue weighted by molar-refractivity contribution is 0.590. The molecular formula is C72H72B2FN3. The van der Waals surface area contributed by atoms with Crippen LogP contribution in [0.5, 0.6) is 0 Å². The van der Waals surface area contributed by atoms with Gasteiger partial charge >= 0.3 is 0 Å². The molecule has 0 unspecified atom stereocenters. The second kappa shape index (κ2) is 14.5. The van der Waals surface area contributed by atoms with Crippen LogP contribution in [-0.2, 0) is 32.5 Å². The Labute approximate surface area is 461 Å². The van der Waals surface area contributed by atoms with Gasteiger partial charge in [0.2, 0.25) is 0 Å². The average Bonchev–Trinajstić information content (AvgIpc) is 1.64. The zero-order valence-electron chi connectivity index (χ0n) is 49.3. The maximum absolute atomic E-state index is 16.7. The molecule has 0 bridgehead atoms. The van der Waals surface area contributed by atoms with E-state index >= 15 is 4.39 Å². The van der Waals surface area contributed by atoms with Crippen molar-refractivity contribution in [1.82, 2.24) is 13.7 Å².